The lowest BCUT2D eigenvalue weighted by molar-refractivity contribution is 0.122. The van der Waals surface area contributed by atoms with Crippen molar-refractivity contribution in [1.29, 1.82) is 0 Å². The second-order valence-corrected chi connectivity index (χ2v) is 5.89. The Morgan fingerprint density at radius 2 is 2.04 bits per heavy atom. The Hall–Kier alpha value is -2.05. The van der Waals surface area contributed by atoms with Crippen LogP contribution in [0.3, 0.4) is 0 Å². The molecule has 3 heterocycles. The number of anilines is 1. The fourth-order valence-corrected chi connectivity index (χ4v) is 2.45. The minimum absolute atomic E-state index is 0.412. The highest BCUT2D eigenvalue weighted by Crippen LogP contribution is 2.19. The van der Waals surface area contributed by atoms with Gasteiger partial charge in [0.1, 0.15) is 11.5 Å². The monoisotopic (exact) mass is 313 g/mol. The van der Waals surface area contributed by atoms with Gasteiger partial charge in [-0.05, 0) is 12.1 Å². The Labute approximate surface area is 136 Å². The molecule has 2 aromatic rings. The van der Waals surface area contributed by atoms with Crippen molar-refractivity contribution >= 4 is 5.82 Å². The van der Waals surface area contributed by atoms with Crippen molar-refractivity contribution in [3.63, 3.8) is 0 Å². The van der Waals surface area contributed by atoms with Gasteiger partial charge in [0, 0.05) is 37.9 Å². The molecular weight excluding hydrogens is 290 g/mol. The van der Waals surface area contributed by atoms with Gasteiger partial charge in [-0.25, -0.2) is 9.97 Å². The van der Waals surface area contributed by atoms with Crippen molar-refractivity contribution in [2.45, 2.75) is 26.4 Å². The van der Waals surface area contributed by atoms with Gasteiger partial charge < -0.3 is 15.0 Å². The lowest BCUT2D eigenvalue weighted by Crippen LogP contribution is -2.37. The van der Waals surface area contributed by atoms with E-state index in [-0.39, 0.29) is 0 Å². The van der Waals surface area contributed by atoms with Gasteiger partial charge in [0.25, 0.3) is 0 Å². The van der Waals surface area contributed by atoms with Crippen molar-refractivity contribution in [3.05, 3.63) is 36.2 Å². The molecule has 1 fully saturated rings. The second-order valence-electron chi connectivity index (χ2n) is 5.89. The molecule has 0 spiro atoms. The molecule has 1 aliphatic heterocycles. The zero-order valence-corrected chi connectivity index (χ0v) is 13.7. The molecule has 1 saturated heterocycles. The van der Waals surface area contributed by atoms with Gasteiger partial charge in [-0.3, -0.25) is 4.98 Å². The maximum absolute atomic E-state index is 5.44. The van der Waals surface area contributed by atoms with Crippen LogP contribution in [0.25, 0.3) is 11.5 Å². The third-order valence-electron chi connectivity index (χ3n) is 3.69. The molecule has 6 heteroatoms. The number of nitrogens with zero attached hydrogens (tertiary/aromatic N) is 4. The van der Waals surface area contributed by atoms with E-state index in [1.807, 2.05) is 18.2 Å². The molecule has 122 valence electrons. The van der Waals surface area contributed by atoms with Crippen LogP contribution in [0, 0.1) is 0 Å². The highest BCUT2D eigenvalue weighted by molar-refractivity contribution is 5.53. The number of pyridine rings is 1. The fourth-order valence-electron chi connectivity index (χ4n) is 2.45. The first kappa shape index (κ1) is 15.8. The van der Waals surface area contributed by atoms with E-state index in [1.54, 1.807) is 6.20 Å². The number of morpholine rings is 1. The summed E-state index contributed by atoms with van der Waals surface area (Å²) < 4.78 is 5.44. The summed E-state index contributed by atoms with van der Waals surface area (Å²) in [5.41, 5.74) is 1.78. The first-order valence-corrected chi connectivity index (χ1v) is 8.08. The third-order valence-corrected chi connectivity index (χ3v) is 3.69. The molecule has 23 heavy (non-hydrogen) atoms. The van der Waals surface area contributed by atoms with Gasteiger partial charge in [0.2, 0.25) is 0 Å². The quantitative estimate of drug-likeness (QED) is 0.909. The molecule has 1 N–H and O–H groups in total. The van der Waals surface area contributed by atoms with Crippen LogP contribution in [0.2, 0.25) is 0 Å². The maximum atomic E-state index is 5.44. The lowest BCUT2D eigenvalue weighted by Gasteiger charge is -2.28. The summed E-state index contributed by atoms with van der Waals surface area (Å²) in [5, 5.41) is 3.42. The van der Waals surface area contributed by atoms with Crippen molar-refractivity contribution < 1.29 is 4.74 Å². The Balaban J connectivity index is 1.92. The van der Waals surface area contributed by atoms with Crippen LogP contribution in [0.4, 0.5) is 5.82 Å². The molecule has 0 saturated carbocycles. The van der Waals surface area contributed by atoms with Crippen LogP contribution in [0.15, 0.2) is 30.5 Å². The first-order chi connectivity index (χ1) is 11.2. The van der Waals surface area contributed by atoms with Crippen LogP contribution >= 0.6 is 0 Å². The summed E-state index contributed by atoms with van der Waals surface area (Å²) in [6, 6.07) is 8.27. The van der Waals surface area contributed by atoms with E-state index in [0.717, 1.165) is 50.1 Å². The average molecular weight is 313 g/mol. The summed E-state index contributed by atoms with van der Waals surface area (Å²) in [6.07, 6.45) is 1.77. The van der Waals surface area contributed by atoms with Crippen LogP contribution in [-0.2, 0) is 11.3 Å². The largest absolute Gasteiger partial charge is 0.378 e. The number of rotatable bonds is 5. The predicted molar refractivity (Wildman–Crippen MR) is 90.3 cm³/mol. The van der Waals surface area contributed by atoms with E-state index in [0.29, 0.717) is 11.9 Å². The molecule has 3 rings (SSSR count). The molecule has 2 aromatic heterocycles. The number of hydrogen-bond acceptors (Lipinski definition) is 6. The normalized spacial score (nSPS) is 15.2. The van der Waals surface area contributed by atoms with E-state index in [9.17, 15) is 0 Å². The van der Waals surface area contributed by atoms with E-state index in [1.165, 1.54) is 0 Å². The Morgan fingerprint density at radius 3 is 2.74 bits per heavy atom. The van der Waals surface area contributed by atoms with Crippen LogP contribution in [0.5, 0.6) is 0 Å². The van der Waals surface area contributed by atoms with Crippen molar-refractivity contribution in [2.24, 2.45) is 0 Å². The van der Waals surface area contributed by atoms with Crippen LogP contribution < -0.4 is 10.2 Å². The molecule has 6 nitrogen and oxygen atoms in total. The molecule has 0 aromatic carbocycles. The fraction of sp³-hybridized carbons (Fsp3) is 0.471. The first-order valence-electron chi connectivity index (χ1n) is 8.08. The van der Waals surface area contributed by atoms with Crippen LogP contribution in [0.1, 0.15) is 19.5 Å². The van der Waals surface area contributed by atoms with Gasteiger partial charge in [0.15, 0.2) is 5.82 Å². The standard InChI is InChI=1S/C17H23N5O/c1-13(2)19-12-14-11-16(22-7-9-23-10-8-22)21-17(20-14)15-5-3-4-6-18-15/h3-6,11,13,19H,7-10,12H2,1-2H3. The van der Waals surface area contributed by atoms with Gasteiger partial charge in [-0.1, -0.05) is 19.9 Å². The smallest absolute Gasteiger partial charge is 0.180 e. The van der Waals surface area contributed by atoms with E-state index >= 15 is 0 Å². The molecule has 0 bridgehead atoms. The second kappa shape index (κ2) is 7.48. The SMILES string of the molecule is CC(C)NCc1cc(N2CCOCC2)nc(-c2ccccn2)n1. The topological polar surface area (TPSA) is 63.2 Å². The zero-order chi connectivity index (χ0) is 16.1. The maximum Gasteiger partial charge on any atom is 0.180 e. The summed E-state index contributed by atoms with van der Waals surface area (Å²) in [6.45, 7) is 8.17. The van der Waals surface area contributed by atoms with Gasteiger partial charge in [-0.15, -0.1) is 0 Å². The Kier molecular flexibility index (Phi) is 5.15. The van der Waals surface area contributed by atoms with Crippen molar-refractivity contribution in [2.75, 3.05) is 31.2 Å². The highest BCUT2D eigenvalue weighted by atomic mass is 16.5. The highest BCUT2D eigenvalue weighted by Gasteiger charge is 2.16. The summed E-state index contributed by atoms with van der Waals surface area (Å²) >= 11 is 0. The summed E-state index contributed by atoms with van der Waals surface area (Å²) in [7, 11) is 0. The van der Waals surface area contributed by atoms with Gasteiger partial charge >= 0.3 is 0 Å². The minimum atomic E-state index is 0.412. The molecule has 0 radical (unpaired) electrons. The van der Waals surface area contributed by atoms with Crippen LogP contribution in [-0.4, -0.2) is 47.3 Å². The number of ether oxygens (including phenoxy) is 1. The molecule has 0 unspecified atom stereocenters. The van der Waals surface area contributed by atoms with E-state index < -0.39 is 0 Å². The molecule has 0 atom stereocenters. The van der Waals surface area contributed by atoms with Gasteiger partial charge in [0.05, 0.1) is 18.9 Å². The Morgan fingerprint density at radius 1 is 1.22 bits per heavy atom. The molecule has 0 amide bonds. The lowest BCUT2D eigenvalue weighted by atomic mass is 10.2. The number of nitrogens with one attached hydrogen (secondary N) is 1. The van der Waals surface area contributed by atoms with Gasteiger partial charge in [-0.2, -0.15) is 0 Å². The van der Waals surface area contributed by atoms with E-state index in [2.05, 4.69) is 40.1 Å². The summed E-state index contributed by atoms with van der Waals surface area (Å²) in [5.74, 6) is 1.62. The minimum Gasteiger partial charge on any atom is -0.378 e. The molecule has 1 aliphatic rings. The van der Waals surface area contributed by atoms with E-state index in [4.69, 9.17) is 9.72 Å². The van der Waals surface area contributed by atoms with Crippen molar-refractivity contribution in [3.8, 4) is 11.5 Å². The predicted octanol–water partition coefficient (Wildman–Crippen LogP) is 1.87. The summed E-state index contributed by atoms with van der Waals surface area (Å²) in [4.78, 5) is 16.0. The average Bonchev–Trinajstić information content (AvgIpc) is 2.61. The zero-order valence-electron chi connectivity index (χ0n) is 13.7. The van der Waals surface area contributed by atoms with Crippen molar-refractivity contribution in [1.82, 2.24) is 20.3 Å². The third kappa shape index (κ3) is 4.24. The molecular formula is C17H23N5O. The number of hydrogen-bond donors (Lipinski definition) is 1. The molecule has 0 aliphatic carbocycles. The number of aromatic nitrogens is 3. The Bertz CT molecular complexity index is 626.